The first-order valence-corrected chi connectivity index (χ1v) is 9.49. The van der Waals surface area contributed by atoms with E-state index in [0.717, 1.165) is 6.54 Å². The molecule has 0 unspecified atom stereocenters. The van der Waals surface area contributed by atoms with Crippen molar-refractivity contribution in [3.63, 3.8) is 0 Å². The Morgan fingerprint density at radius 3 is 2.23 bits per heavy atom. The normalized spacial score (nSPS) is 15.5. The van der Waals surface area contributed by atoms with Crippen molar-refractivity contribution in [2.75, 3.05) is 11.9 Å². The first kappa shape index (κ1) is 18.6. The lowest BCUT2D eigenvalue weighted by Gasteiger charge is -2.18. The minimum Gasteiger partial charge on any atom is -0.311 e. The van der Waals surface area contributed by atoms with Crippen LogP contribution in [0.1, 0.15) is 54.4 Å². The molecule has 1 aliphatic carbocycles. The van der Waals surface area contributed by atoms with Gasteiger partial charge in [0, 0.05) is 30.9 Å². The van der Waals surface area contributed by atoms with Crippen LogP contribution in [0.2, 0.25) is 0 Å². The second-order valence-corrected chi connectivity index (χ2v) is 7.11. The third-order valence-corrected chi connectivity index (χ3v) is 5.17. The summed E-state index contributed by atoms with van der Waals surface area (Å²) in [5.74, 6) is -0.403. The molecule has 3 nitrogen and oxygen atoms in total. The standard InChI is InChI=1S/C22H27FN2O/c1-25(21-14-12-19(23)13-15-21)22(26)18-10-8-17(9-11-18)16-24-20-6-4-2-3-5-7-20/h8-15,20,24H,2-7,16H2,1H3. The molecule has 2 aromatic rings. The van der Waals surface area contributed by atoms with Gasteiger partial charge in [0.1, 0.15) is 5.82 Å². The average molecular weight is 354 g/mol. The predicted octanol–water partition coefficient (Wildman–Crippen LogP) is 4.91. The number of anilines is 1. The maximum absolute atomic E-state index is 13.0. The smallest absolute Gasteiger partial charge is 0.258 e. The molecule has 138 valence electrons. The molecule has 1 saturated carbocycles. The predicted molar refractivity (Wildman–Crippen MR) is 104 cm³/mol. The summed E-state index contributed by atoms with van der Waals surface area (Å²) in [4.78, 5) is 14.1. The van der Waals surface area contributed by atoms with E-state index < -0.39 is 0 Å². The number of nitrogens with one attached hydrogen (secondary N) is 1. The molecule has 0 saturated heterocycles. The van der Waals surface area contributed by atoms with Crippen molar-refractivity contribution < 1.29 is 9.18 Å². The highest BCUT2D eigenvalue weighted by Crippen LogP contribution is 2.19. The molecule has 3 rings (SSSR count). The van der Waals surface area contributed by atoms with Gasteiger partial charge in [0.15, 0.2) is 0 Å². The molecule has 0 aromatic heterocycles. The van der Waals surface area contributed by atoms with Crippen LogP contribution in [0.15, 0.2) is 48.5 Å². The van der Waals surface area contributed by atoms with E-state index in [2.05, 4.69) is 5.32 Å². The van der Waals surface area contributed by atoms with Crippen molar-refractivity contribution >= 4 is 11.6 Å². The molecular weight excluding hydrogens is 327 g/mol. The molecule has 26 heavy (non-hydrogen) atoms. The van der Waals surface area contributed by atoms with Gasteiger partial charge in [0.2, 0.25) is 0 Å². The molecule has 1 aliphatic rings. The number of rotatable bonds is 5. The van der Waals surface area contributed by atoms with Crippen LogP contribution in [0.3, 0.4) is 0 Å². The topological polar surface area (TPSA) is 32.3 Å². The number of hydrogen-bond donors (Lipinski definition) is 1. The number of benzene rings is 2. The van der Waals surface area contributed by atoms with E-state index in [1.165, 1.54) is 61.1 Å². The Morgan fingerprint density at radius 2 is 1.62 bits per heavy atom. The van der Waals surface area contributed by atoms with Crippen LogP contribution in [-0.2, 0) is 6.54 Å². The molecule has 0 aliphatic heterocycles. The second kappa shape index (κ2) is 8.95. The maximum Gasteiger partial charge on any atom is 0.258 e. The first-order valence-electron chi connectivity index (χ1n) is 9.49. The van der Waals surface area contributed by atoms with Gasteiger partial charge in [0.05, 0.1) is 0 Å². The van der Waals surface area contributed by atoms with Crippen molar-refractivity contribution in [2.45, 2.75) is 51.1 Å². The van der Waals surface area contributed by atoms with E-state index in [-0.39, 0.29) is 11.7 Å². The maximum atomic E-state index is 13.0. The van der Waals surface area contributed by atoms with Gasteiger partial charge in [-0.1, -0.05) is 37.8 Å². The quantitative estimate of drug-likeness (QED) is 0.774. The first-order chi connectivity index (χ1) is 12.6. The molecule has 0 heterocycles. The zero-order chi connectivity index (χ0) is 18.4. The van der Waals surface area contributed by atoms with Crippen LogP contribution in [-0.4, -0.2) is 19.0 Å². The Balaban J connectivity index is 1.57. The highest BCUT2D eigenvalue weighted by Gasteiger charge is 2.14. The molecule has 1 amide bonds. The van der Waals surface area contributed by atoms with E-state index in [4.69, 9.17) is 0 Å². The number of nitrogens with zero attached hydrogens (tertiary/aromatic N) is 1. The number of amides is 1. The average Bonchev–Trinajstić information content (AvgIpc) is 2.95. The van der Waals surface area contributed by atoms with Gasteiger partial charge in [-0.05, 0) is 54.8 Å². The van der Waals surface area contributed by atoms with E-state index >= 15 is 0 Å². The summed E-state index contributed by atoms with van der Waals surface area (Å²) in [5.41, 5.74) is 2.50. The zero-order valence-corrected chi connectivity index (χ0v) is 15.4. The fourth-order valence-corrected chi connectivity index (χ4v) is 3.49. The van der Waals surface area contributed by atoms with Crippen molar-refractivity contribution in [2.24, 2.45) is 0 Å². The molecule has 4 heteroatoms. The molecule has 1 N–H and O–H groups in total. The Kier molecular flexibility index (Phi) is 6.40. The molecule has 0 bridgehead atoms. The van der Waals surface area contributed by atoms with Gasteiger partial charge in [-0.15, -0.1) is 0 Å². The molecule has 1 fully saturated rings. The number of carbonyl (C=O) groups is 1. The van der Waals surface area contributed by atoms with Gasteiger partial charge in [-0.3, -0.25) is 4.79 Å². The highest BCUT2D eigenvalue weighted by molar-refractivity contribution is 6.05. The van der Waals surface area contributed by atoms with Crippen LogP contribution in [0.4, 0.5) is 10.1 Å². The van der Waals surface area contributed by atoms with Crippen LogP contribution in [0, 0.1) is 5.82 Å². The van der Waals surface area contributed by atoms with Crippen LogP contribution in [0.5, 0.6) is 0 Å². The van der Waals surface area contributed by atoms with Crippen molar-refractivity contribution in [1.29, 1.82) is 0 Å². The monoisotopic (exact) mass is 354 g/mol. The summed E-state index contributed by atoms with van der Waals surface area (Å²) >= 11 is 0. The molecule has 0 radical (unpaired) electrons. The minimum atomic E-state index is -0.305. The Labute approximate surface area is 155 Å². The number of halogens is 1. The molecule has 0 spiro atoms. The van der Waals surface area contributed by atoms with Gasteiger partial charge in [0.25, 0.3) is 5.91 Å². The fourth-order valence-electron chi connectivity index (χ4n) is 3.49. The Hall–Kier alpha value is -2.20. The van der Waals surface area contributed by atoms with Gasteiger partial charge >= 0.3 is 0 Å². The third kappa shape index (κ3) is 4.92. The summed E-state index contributed by atoms with van der Waals surface area (Å²) < 4.78 is 13.0. The highest BCUT2D eigenvalue weighted by atomic mass is 19.1. The number of hydrogen-bond acceptors (Lipinski definition) is 2. The van der Waals surface area contributed by atoms with E-state index in [1.807, 2.05) is 24.3 Å². The minimum absolute atomic E-state index is 0.0973. The zero-order valence-electron chi connectivity index (χ0n) is 15.4. The van der Waals surface area contributed by atoms with Gasteiger partial charge in [-0.2, -0.15) is 0 Å². The van der Waals surface area contributed by atoms with Gasteiger partial charge in [-0.25, -0.2) is 4.39 Å². The lowest BCUT2D eigenvalue weighted by atomic mass is 10.1. The Bertz CT molecular complexity index is 704. The summed E-state index contributed by atoms with van der Waals surface area (Å²) in [5, 5.41) is 3.65. The van der Waals surface area contributed by atoms with Crippen LogP contribution < -0.4 is 10.2 Å². The molecular formula is C22H27FN2O. The lowest BCUT2D eigenvalue weighted by Crippen LogP contribution is -2.28. The summed E-state index contributed by atoms with van der Waals surface area (Å²) in [6, 6.07) is 14.3. The van der Waals surface area contributed by atoms with Crippen molar-refractivity contribution in [1.82, 2.24) is 5.32 Å². The molecule has 0 atom stereocenters. The lowest BCUT2D eigenvalue weighted by molar-refractivity contribution is 0.0993. The number of carbonyl (C=O) groups excluding carboxylic acids is 1. The van der Waals surface area contributed by atoms with E-state index in [9.17, 15) is 9.18 Å². The second-order valence-electron chi connectivity index (χ2n) is 7.11. The third-order valence-electron chi connectivity index (χ3n) is 5.17. The fraction of sp³-hybridized carbons (Fsp3) is 0.409. The largest absolute Gasteiger partial charge is 0.311 e. The van der Waals surface area contributed by atoms with Crippen LogP contribution >= 0.6 is 0 Å². The van der Waals surface area contributed by atoms with Crippen LogP contribution in [0.25, 0.3) is 0 Å². The van der Waals surface area contributed by atoms with E-state index in [1.54, 1.807) is 19.2 Å². The van der Waals surface area contributed by atoms with Gasteiger partial charge < -0.3 is 10.2 Å². The van der Waals surface area contributed by atoms with Crippen molar-refractivity contribution in [3.05, 3.63) is 65.5 Å². The Morgan fingerprint density at radius 1 is 1.00 bits per heavy atom. The van der Waals surface area contributed by atoms with E-state index in [0.29, 0.717) is 17.3 Å². The summed E-state index contributed by atoms with van der Waals surface area (Å²) in [6.45, 7) is 0.840. The molecule has 2 aromatic carbocycles. The van der Waals surface area contributed by atoms with Crippen molar-refractivity contribution in [3.8, 4) is 0 Å². The summed E-state index contributed by atoms with van der Waals surface area (Å²) in [6.07, 6.45) is 7.88. The summed E-state index contributed by atoms with van der Waals surface area (Å²) in [7, 11) is 1.71. The SMILES string of the molecule is CN(C(=O)c1ccc(CNC2CCCCCC2)cc1)c1ccc(F)cc1.